The lowest BCUT2D eigenvalue weighted by molar-refractivity contribution is 1.29. The first kappa shape index (κ1) is 30.8. The Morgan fingerprint density at radius 3 is 1.50 bits per heavy atom. The van der Waals surface area contributed by atoms with E-state index in [0.717, 1.165) is 17.1 Å². The minimum atomic E-state index is 1.12. The van der Waals surface area contributed by atoms with Gasteiger partial charge in [0, 0.05) is 37.2 Å². The molecule has 0 unspecified atom stereocenters. The molecule has 1 nitrogen and oxygen atoms in total. The van der Waals surface area contributed by atoms with Crippen LogP contribution in [0, 0.1) is 0 Å². The Morgan fingerprint density at radius 1 is 0.296 bits per heavy atom. The first-order valence-corrected chi connectivity index (χ1v) is 19.3. The van der Waals surface area contributed by atoms with Crippen molar-refractivity contribution in [3.63, 3.8) is 0 Å². The molecule has 0 saturated carbocycles. The predicted octanol–water partition coefficient (Wildman–Crippen LogP) is 15.5. The van der Waals surface area contributed by atoms with Crippen LogP contribution in [0.4, 0.5) is 17.1 Å². The second-order valence-corrected chi connectivity index (χ2v) is 15.2. The second kappa shape index (κ2) is 12.4. The molecule has 11 aromatic rings. The molecule has 0 atom stereocenters. The molecule has 1 aromatic heterocycles. The van der Waals surface area contributed by atoms with E-state index in [-0.39, 0.29) is 0 Å². The molecule has 0 aliphatic heterocycles. The summed E-state index contributed by atoms with van der Waals surface area (Å²) in [6, 6.07) is 73.5. The Hall–Kier alpha value is -6.74. The maximum absolute atomic E-state index is 2.38. The number of benzene rings is 10. The minimum Gasteiger partial charge on any atom is -0.310 e. The molecule has 0 N–H and O–H groups in total. The van der Waals surface area contributed by atoms with E-state index < -0.39 is 0 Å². The Bertz CT molecular complexity index is 3210. The van der Waals surface area contributed by atoms with E-state index in [2.05, 4.69) is 205 Å². The zero-order valence-corrected chi connectivity index (χ0v) is 30.2. The molecule has 0 aliphatic rings. The van der Waals surface area contributed by atoms with Gasteiger partial charge in [-0.3, -0.25) is 0 Å². The SMILES string of the molecule is c1ccc2c(c1)ccc1cc(-c3ccc(N(c4ccc(-c5cccc6c5sc5ccccc56)cc4)c4ccc5c(ccc6ccccc65)c4)cc3)ccc12. The fourth-order valence-electron chi connectivity index (χ4n) is 8.35. The minimum absolute atomic E-state index is 1.12. The van der Waals surface area contributed by atoms with Crippen molar-refractivity contribution in [2.75, 3.05) is 4.90 Å². The molecule has 0 fully saturated rings. The quantitative estimate of drug-likeness (QED) is 0.161. The van der Waals surface area contributed by atoms with Crippen LogP contribution in [0.5, 0.6) is 0 Å². The summed E-state index contributed by atoms with van der Waals surface area (Å²) in [5.74, 6) is 0. The van der Waals surface area contributed by atoms with Gasteiger partial charge in [-0.15, -0.1) is 11.3 Å². The number of rotatable bonds is 5. The van der Waals surface area contributed by atoms with Crippen LogP contribution >= 0.6 is 11.3 Å². The summed E-state index contributed by atoms with van der Waals surface area (Å²) in [6.07, 6.45) is 0. The lowest BCUT2D eigenvalue weighted by atomic mass is 9.97. The highest BCUT2D eigenvalue weighted by Crippen LogP contribution is 2.42. The van der Waals surface area contributed by atoms with Gasteiger partial charge in [0.1, 0.15) is 0 Å². The highest BCUT2D eigenvalue weighted by molar-refractivity contribution is 7.26. The van der Waals surface area contributed by atoms with Crippen LogP contribution in [-0.4, -0.2) is 0 Å². The van der Waals surface area contributed by atoms with Crippen molar-refractivity contribution in [3.8, 4) is 22.3 Å². The summed E-state index contributed by atoms with van der Waals surface area (Å²) >= 11 is 1.88. The highest BCUT2D eigenvalue weighted by Gasteiger charge is 2.16. The zero-order chi connectivity index (χ0) is 35.6. The molecular weight excluding hydrogens is 671 g/mol. The van der Waals surface area contributed by atoms with Crippen molar-refractivity contribution in [3.05, 3.63) is 200 Å². The fourth-order valence-corrected chi connectivity index (χ4v) is 9.59. The van der Waals surface area contributed by atoms with Gasteiger partial charge < -0.3 is 4.90 Å². The van der Waals surface area contributed by atoms with E-state index in [1.165, 1.54) is 85.5 Å². The van der Waals surface area contributed by atoms with Crippen LogP contribution in [0.15, 0.2) is 200 Å². The van der Waals surface area contributed by atoms with Gasteiger partial charge >= 0.3 is 0 Å². The first-order chi connectivity index (χ1) is 26.7. The van der Waals surface area contributed by atoms with E-state index in [4.69, 9.17) is 0 Å². The first-order valence-electron chi connectivity index (χ1n) is 18.5. The molecule has 2 heteroatoms. The molecule has 0 bridgehead atoms. The Balaban J connectivity index is 1.01. The maximum Gasteiger partial charge on any atom is 0.0468 e. The lowest BCUT2D eigenvalue weighted by Gasteiger charge is -2.26. The number of nitrogens with zero attached hydrogens (tertiary/aromatic N) is 1. The van der Waals surface area contributed by atoms with E-state index >= 15 is 0 Å². The standard InChI is InChI=1S/C52H33NS/c1-3-10-44-35(8-1)16-18-39-32-38(24-30-46(39)44)34-20-25-41(26-21-34)53(43-29-31-47-40(33-43)19-17-36-9-2-4-11-45(36)47)42-27-22-37(23-28-42)48-13-7-14-50-49-12-5-6-15-51(49)54-52(48)50/h1-33H. The van der Waals surface area contributed by atoms with Crippen molar-refractivity contribution < 1.29 is 0 Å². The normalized spacial score (nSPS) is 11.7. The van der Waals surface area contributed by atoms with Crippen LogP contribution in [0.1, 0.15) is 0 Å². The molecule has 10 aromatic carbocycles. The molecule has 0 aliphatic carbocycles. The molecule has 252 valence electrons. The highest BCUT2D eigenvalue weighted by atomic mass is 32.1. The van der Waals surface area contributed by atoms with Gasteiger partial charge in [0.15, 0.2) is 0 Å². The van der Waals surface area contributed by atoms with Crippen LogP contribution in [0.3, 0.4) is 0 Å². The van der Waals surface area contributed by atoms with Crippen molar-refractivity contribution in [2.24, 2.45) is 0 Å². The molecule has 54 heavy (non-hydrogen) atoms. The van der Waals surface area contributed by atoms with Crippen molar-refractivity contribution in [1.82, 2.24) is 0 Å². The summed E-state index contributed by atoms with van der Waals surface area (Å²) in [7, 11) is 0. The largest absolute Gasteiger partial charge is 0.310 e. The van der Waals surface area contributed by atoms with E-state index in [0.29, 0.717) is 0 Å². The molecule has 0 saturated heterocycles. The molecule has 0 amide bonds. The van der Waals surface area contributed by atoms with Gasteiger partial charge in [0.05, 0.1) is 0 Å². The molecule has 0 radical (unpaired) electrons. The van der Waals surface area contributed by atoms with Gasteiger partial charge in [-0.2, -0.15) is 0 Å². The molecule has 1 heterocycles. The van der Waals surface area contributed by atoms with Crippen LogP contribution in [0.25, 0.3) is 85.5 Å². The smallest absolute Gasteiger partial charge is 0.0468 e. The third-order valence-corrected chi connectivity index (χ3v) is 12.3. The predicted molar refractivity (Wildman–Crippen MR) is 235 cm³/mol. The van der Waals surface area contributed by atoms with Crippen LogP contribution in [-0.2, 0) is 0 Å². The van der Waals surface area contributed by atoms with Crippen LogP contribution < -0.4 is 4.90 Å². The van der Waals surface area contributed by atoms with Crippen molar-refractivity contribution in [2.45, 2.75) is 0 Å². The van der Waals surface area contributed by atoms with Crippen LogP contribution in [0.2, 0.25) is 0 Å². The maximum atomic E-state index is 2.38. The summed E-state index contributed by atoms with van der Waals surface area (Å²) in [6.45, 7) is 0. The van der Waals surface area contributed by atoms with Crippen molar-refractivity contribution >= 4 is 91.7 Å². The summed E-state index contributed by atoms with van der Waals surface area (Å²) in [5.41, 5.74) is 8.27. The number of thiophene rings is 1. The third kappa shape index (κ3) is 5.07. The average molecular weight is 704 g/mol. The zero-order valence-electron chi connectivity index (χ0n) is 29.4. The monoisotopic (exact) mass is 703 g/mol. The Kier molecular flexibility index (Phi) is 7.11. The van der Waals surface area contributed by atoms with E-state index in [1.807, 2.05) is 11.3 Å². The topological polar surface area (TPSA) is 3.24 Å². The van der Waals surface area contributed by atoms with Gasteiger partial charge in [0.25, 0.3) is 0 Å². The molecule has 11 rings (SSSR count). The van der Waals surface area contributed by atoms with Gasteiger partial charge in [-0.05, 0) is 114 Å². The average Bonchev–Trinajstić information content (AvgIpc) is 3.63. The number of hydrogen-bond donors (Lipinski definition) is 0. The Labute approximate surface area is 317 Å². The third-order valence-electron chi connectivity index (χ3n) is 11.0. The van der Waals surface area contributed by atoms with Gasteiger partial charge in [-0.1, -0.05) is 152 Å². The second-order valence-electron chi connectivity index (χ2n) is 14.1. The van der Waals surface area contributed by atoms with Gasteiger partial charge in [0.2, 0.25) is 0 Å². The number of fused-ring (bicyclic) bond motifs is 9. The summed E-state index contributed by atoms with van der Waals surface area (Å²) in [4.78, 5) is 2.38. The lowest BCUT2D eigenvalue weighted by Crippen LogP contribution is -2.09. The van der Waals surface area contributed by atoms with E-state index in [1.54, 1.807) is 0 Å². The van der Waals surface area contributed by atoms with Crippen molar-refractivity contribution in [1.29, 1.82) is 0 Å². The van der Waals surface area contributed by atoms with E-state index in [9.17, 15) is 0 Å². The number of anilines is 3. The summed E-state index contributed by atoms with van der Waals surface area (Å²) < 4.78 is 2.66. The number of hydrogen-bond acceptors (Lipinski definition) is 2. The van der Waals surface area contributed by atoms with Gasteiger partial charge in [-0.25, -0.2) is 0 Å². The Morgan fingerprint density at radius 2 is 0.796 bits per heavy atom. The molecule has 0 spiro atoms. The summed E-state index contributed by atoms with van der Waals surface area (Å²) in [5, 5.41) is 12.8. The molecular formula is C52H33NS. The fraction of sp³-hybridized carbons (Fsp3) is 0.